The molecule has 14 heavy (non-hydrogen) atoms. The molecule has 0 N–H and O–H groups in total. The van der Waals surface area contributed by atoms with Gasteiger partial charge in [0.05, 0.1) is 11.5 Å². The third-order valence-electron chi connectivity index (χ3n) is 1.53. The zero-order chi connectivity index (χ0) is 10.4. The van der Waals surface area contributed by atoms with Crippen LogP contribution in [0, 0.1) is 22.5 Å². The number of hydrogen-bond donors (Lipinski definition) is 0. The van der Waals surface area contributed by atoms with Crippen LogP contribution in [-0.4, -0.2) is 17.7 Å². The third-order valence-corrected chi connectivity index (χ3v) is 1.53. The summed E-state index contributed by atoms with van der Waals surface area (Å²) in [5.74, 6) is 2.36. The van der Waals surface area contributed by atoms with Crippen LogP contribution >= 0.6 is 0 Å². The van der Waals surface area contributed by atoms with Crippen LogP contribution < -0.4 is 0 Å². The van der Waals surface area contributed by atoms with E-state index in [0.29, 0.717) is 6.54 Å². The first kappa shape index (κ1) is 9.93. The average molecular weight is 188 g/mol. The molecule has 0 spiro atoms. The van der Waals surface area contributed by atoms with Crippen LogP contribution in [0.15, 0.2) is 29.3 Å². The molecule has 0 saturated carbocycles. The Bertz CT molecular complexity index is 388. The molecule has 0 unspecified atom stereocenters. The van der Waals surface area contributed by atoms with E-state index in [1.54, 1.807) is 18.3 Å². The quantitative estimate of drug-likeness (QED) is 0.313. The van der Waals surface area contributed by atoms with E-state index in [-0.39, 0.29) is 5.69 Å². The second kappa shape index (κ2) is 4.77. The molecule has 0 amide bonds. The van der Waals surface area contributed by atoms with Gasteiger partial charge in [-0.1, -0.05) is 5.92 Å². The van der Waals surface area contributed by atoms with E-state index in [0.717, 1.165) is 5.56 Å². The molecule has 0 atom stereocenters. The second-order valence-electron chi connectivity index (χ2n) is 2.52. The second-order valence-corrected chi connectivity index (χ2v) is 2.52. The van der Waals surface area contributed by atoms with E-state index in [1.165, 1.54) is 12.1 Å². The first-order valence-corrected chi connectivity index (χ1v) is 3.92. The number of benzene rings is 1. The maximum Gasteiger partial charge on any atom is 0.269 e. The lowest BCUT2D eigenvalue weighted by atomic mass is 10.2. The number of nitrogens with zero attached hydrogens (tertiary/aromatic N) is 2. The number of nitro groups is 1. The molecule has 1 aromatic rings. The fourth-order valence-corrected chi connectivity index (χ4v) is 0.886. The highest BCUT2D eigenvalue weighted by atomic mass is 16.6. The molecule has 0 bridgehead atoms. The van der Waals surface area contributed by atoms with Crippen LogP contribution in [0.2, 0.25) is 0 Å². The smallest absolute Gasteiger partial charge is 0.269 e. The van der Waals surface area contributed by atoms with Crippen LogP contribution in [0.25, 0.3) is 0 Å². The van der Waals surface area contributed by atoms with Gasteiger partial charge < -0.3 is 0 Å². The van der Waals surface area contributed by atoms with Gasteiger partial charge in [0.15, 0.2) is 0 Å². The van der Waals surface area contributed by atoms with Crippen molar-refractivity contribution in [1.82, 2.24) is 0 Å². The molecule has 0 aliphatic carbocycles. The summed E-state index contributed by atoms with van der Waals surface area (Å²) in [7, 11) is 0. The summed E-state index contributed by atoms with van der Waals surface area (Å²) < 4.78 is 0. The molecule has 0 heterocycles. The van der Waals surface area contributed by atoms with Crippen molar-refractivity contribution in [2.24, 2.45) is 4.99 Å². The molecular formula is C10H8N2O2. The Balaban J connectivity index is 2.74. The molecule has 4 nitrogen and oxygen atoms in total. The summed E-state index contributed by atoms with van der Waals surface area (Å²) in [6.45, 7) is 0.316. The first-order valence-electron chi connectivity index (χ1n) is 3.92. The molecule has 0 fully saturated rings. The number of hydrogen-bond acceptors (Lipinski definition) is 3. The first-order chi connectivity index (χ1) is 6.74. The molecule has 4 heteroatoms. The molecule has 0 aliphatic heterocycles. The summed E-state index contributed by atoms with van der Waals surface area (Å²) in [5, 5.41) is 10.3. The Kier molecular flexibility index (Phi) is 3.39. The van der Waals surface area contributed by atoms with E-state index in [9.17, 15) is 10.1 Å². The van der Waals surface area contributed by atoms with Gasteiger partial charge in [-0.15, -0.1) is 6.42 Å². The molecule has 1 rings (SSSR count). The van der Waals surface area contributed by atoms with Crippen molar-refractivity contribution in [3.63, 3.8) is 0 Å². The van der Waals surface area contributed by atoms with Crippen molar-refractivity contribution >= 4 is 11.9 Å². The van der Waals surface area contributed by atoms with Gasteiger partial charge in [0, 0.05) is 18.3 Å². The molecule has 0 radical (unpaired) electrons. The number of rotatable bonds is 3. The number of nitro benzene ring substituents is 1. The van der Waals surface area contributed by atoms with Crippen LogP contribution in [0.4, 0.5) is 5.69 Å². The number of terminal acetylenes is 1. The SMILES string of the molecule is C#CCN=Cc1ccc([N+](=O)[O-])cc1. The molecule has 0 saturated heterocycles. The summed E-state index contributed by atoms with van der Waals surface area (Å²) in [6.07, 6.45) is 6.59. The normalized spacial score (nSPS) is 9.93. The van der Waals surface area contributed by atoms with E-state index in [4.69, 9.17) is 6.42 Å². The summed E-state index contributed by atoms with van der Waals surface area (Å²) in [4.78, 5) is 13.8. The van der Waals surface area contributed by atoms with E-state index in [2.05, 4.69) is 10.9 Å². The van der Waals surface area contributed by atoms with Gasteiger partial charge in [-0.25, -0.2) is 0 Å². The highest BCUT2D eigenvalue weighted by Crippen LogP contribution is 2.10. The van der Waals surface area contributed by atoms with Crippen molar-refractivity contribution < 1.29 is 4.92 Å². The highest BCUT2D eigenvalue weighted by Gasteiger charge is 2.01. The molecule has 1 aromatic carbocycles. The standard InChI is InChI=1S/C10H8N2O2/c1-2-7-11-8-9-3-5-10(6-4-9)12(13)14/h1,3-6,8H,7H2. The van der Waals surface area contributed by atoms with E-state index < -0.39 is 4.92 Å². The fourth-order valence-electron chi connectivity index (χ4n) is 0.886. The Morgan fingerprint density at radius 1 is 1.50 bits per heavy atom. The van der Waals surface area contributed by atoms with Crippen LogP contribution in [0.1, 0.15) is 5.56 Å². The zero-order valence-corrected chi connectivity index (χ0v) is 7.38. The summed E-state index contributed by atoms with van der Waals surface area (Å²) in [6, 6.07) is 6.10. The Morgan fingerprint density at radius 3 is 2.64 bits per heavy atom. The largest absolute Gasteiger partial charge is 0.280 e. The van der Waals surface area contributed by atoms with Crippen LogP contribution in [0.3, 0.4) is 0 Å². The fraction of sp³-hybridized carbons (Fsp3) is 0.100. The number of non-ortho nitro benzene ring substituents is 1. The van der Waals surface area contributed by atoms with Gasteiger partial charge in [0.1, 0.15) is 0 Å². The maximum atomic E-state index is 10.3. The van der Waals surface area contributed by atoms with Gasteiger partial charge in [-0.3, -0.25) is 15.1 Å². The topological polar surface area (TPSA) is 55.5 Å². The van der Waals surface area contributed by atoms with Gasteiger partial charge in [-0.05, 0) is 17.7 Å². The van der Waals surface area contributed by atoms with Gasteiger partial charge >= 0.3 is 0 Å². The van der Waals surface area contributed by atoms with E-state index >= 15 is 0 Å². The lowest BCUT2D eigenvalue weighted by Gasteiger charge is -1.92. The Labute approximate surface area is 81.4 Å². The van der Waals surface area contributed by atoms with Crippen LogP contribution in [0.5, 0.6) is 0 Å². The maximum absolute atomic E-state index is 10.3. The Morgan fingerprint density at radius 2 is 2.14 bits per heavy atom. The van der Waals surface area contributed by atoms with Gasteiger partial charge in [-0.2, -0.15) is 0 Å². The average Bonchev–Trinajstić information content (AvgIpc) is 2.19. The highest BCUT2D eigenvalue weighted by molar-refractivity contribution is 5.80. The van der Waals surface area contributed by atoms with Crippen molar-refractivity contribution in [2.45, 2.75) is 0 Å². The number of aliphatic imine (C=N–C) groups is 1. The zero-order valence-electron chi connectivity index (χ0n) is 7.38. The molecule has 0 aromatic heterocycles. The molecule has 70 valence electrons. The molecular weight excluding hydrogens is 180 g/mol. The lowest BCUT2D eigenvalue weighted by Crippen LogP contribution is -1.88. The Hall–Kier alpha value is -2.15. The van der Waals surface area contributed by atoms with Crippen molar-refractivity contribution in [3.8, 4) is 12.3 Å². The predicted molar refractivity (Wildman–Crippen MR) is 54.4 cm³/mol. The van der Waals surface area contributed by atoms with E-state index in [1.807, 2.05) is 0 Å². The monoisotopic (exact) mass is 188 g/mol. The lowest BCUT2D eigenvalue weighted by molar-refractivity contribution is -0.384. The van der Waals surface area contributed by atoms with Crippen LogP contribution in [-0.2, 0) is 0 Å². The summed E-state index contributed by atoms with van der Waals surface area (Å²) >= 11 is 0. The van der Waals surface area contributed by atoms with Gasteiger partial charge in [0.2, 0.25) is 0 Å². The van der Waals surface area contributed by atoms with Crippen molar-refractivity contribution in [3.05, 3.63) is 39.9 Å². The predicted octanol–water partition coefficient (Wildman–Crippen LogP) is 1.65. The minimum absolute atomic E-state index is 0.0686. The van der Waals surface area contributed by atoms with Gasteiger partial charge in [0.25, 0.3) is 5.69 Å². The third kappa shape index (κ3) is 2.72. The van der Waals surface area contributed by atoms with Crippen molar-refractivity contribution in [1.29, 1.82) is 0 Å². The summed E-state index contributed by atoms with van der Waals surface area (Å²) in [5.41, 5.74) is 0.866. The minimum Gasteiger partial charge on any atom is -0.280 e. The minimum atomic E-state index is -0.442. The molecule has 0 aliphatic rings. The van der Waals surface area contributed by atoms with Crippen molar-refractivity contribution in [2.75, 3.05) is 6.54 Å².